The monoisotopic (exact) mass is 302 g/mol. The van der Waals surface area contributed by atoms with E-state index < -0.39 is 5.72 Å². The summed E-state index contributed by atoms with van der Waals surface area (Å²) in [5.74, 6) is 0. The molecule has 0 unspecified atom stereocenters. The molecular formula is C15H15ClN4O. The molecule has 108 valence electrons. The van der Waals surface area contributed by atoms with Gasteiger partial charge >= 0.3 is 0 Å². The molecule has 2 heterocycles. The van der Waals surface area contributed by atoms with Gasteiger partial charge in [-0.2, -0.15) is 10.2 Å². The van der Waals surface area contributed by atoms with E-state index in [1.165, 1.54) is 0 Å². The second-order valence-corrected chi connectivity index (χ2v) is 5.54. The van der Waals surface area contributed by atoms with Crippen molar-refractivity contribution in [2.75, 3.05) is 5.01 Å². The Morgan fingerprint density at radius 1 is 1.24 bits per heavy atom. The fourth-order valence-corrected chi connectivity index (χ4v) is 2.29. The SMILES string of the molecule is Cn1cc(N2N=C(c3ccc(Cl)cc3)C=C[C@]2(C)O)cn1. The molecule has 1 aliphatic rings. The van der Waals surface area contributed by atoms with E-state index in [9.17, 15) is 5.11 Å². The third kappa shape index (κ3) is 2.70. The molecule has 0 saturated carbocycles. The highest BCUT2D eigenvalue weighted by molar-refractivity contribution is 6.30. The summed E-state index contributed by atoms with van der Waals surface area (Å²) < 4.78 is 1.67. The number of hydrogen-bond donors (Lipinski definition) is 1. The van der Waals surface area contributed by atoms with Crippen molar-refractivity contribution in [1.29, 1.82) is 0 Å². The molecule has 21 heavy (non-hydrogen) atoms. The number of halogens is 1. The molecule has 1 aromatic heterocycles. The highest BCUT2D eigenvalue weighted by atomic mass is 35.5. The van der Waals surface area contributed by atoms with Gasteiger partial charge < -0.3 is 5.11 Å². The average Bonchev–Trinajstić information content (AvgIpc) is 2.86. The minimum Gasteiger partial charge on any atom is -0.366 e. The standard InChI is InChI=1S/C15H15ClN4O/c1-15(21)8-7-14(11-3-5-12(16)6-4-11)18-20(15)13-9-17-19(2)10-13/h3-10,21H,1-2H3/t15-/m0/s1. The molecule has 3 rings (SSSR count). The molecule has 1 aliphatic heterocycles. The Kier molecular flexibility index (Phi) is 3.31. The topological polar surface area (TPSA) is 53.7 Å². The van der Waals surface area contributed by atoms with E-state index >= 15 is 0 Å². The van der Waals surface area contributed by atoms with Gasteiger partial charge in [0.25, 0.3) is 0 Å². The molecule has 0 bridgehead atoms. The molecule has 0 amide bonds. The summed E-state index contributed by atoms with van der Waals surface area (Å²) >= 11 is 5.90. The van der Waals surface area contributed by atoms with E-state index in [0.29, 0.717) is 5.02 Å². The van der Waals surface area contributed by atoms with Crippen LogP contribution in [-0.4, -0.2) is 26.3 Å². The number of hydrogen-bond acceptors (Lipinski definition) is 4. The Morgan fingerprint density at radius 2 is 1.95 bits per heavy atom. The Bertz CT molecular complexity index is 716. The molecule has 0 fully saturated rings. The fraction of sp³-hybridized carbons (Fsp3) is 0.200. The van der Waals surface area contributed by atoms with Gasteiger partial charge in [0, 0.05) is 23.8 Å². The quantitative estimate of drug-likeness (QED) is 0.927. The summed E-state index contributed by atoms with van der Waals surface area (Å²) in [7, 11) is 1.82. The summed E-state index contributed by atoms with van der Waals surface area (Å²) in [5.41, 5.74) is 1.21. The van der Waals surface area contributed by atoms with E-state index in [2.05, 4.69) is 10.2 Å². The van der Waals surface area contributed by atoms with Crippen molar-refractivity contribution in [2.45, 2.75) is 12.6 Å². The second kappa shape index (κ2) is 5.02. The first-order valence-electron chi connectivity index (χ1n) is 6.51. The molecule has 0 aliphatic carbocycles. The number of aryl methyl sites for hydroxylation is 1. The van der Waals surface area contributed by atoms with Gasteiger partial charge in [0.1, 0.15) is 5.69 Å². The van der Waals surface area contributed by atoms with Crippen LogP contribution in [0.5, 0.6) is 0 Å². The fourth-order valence-electron chi connectivity index (χ4n) is 2.16. The maximum atomic E-state index is 10.5. The van der Waals surface area contributed by atoms with Crippen molar-refractivity contribution >= 4 is 23.0 Å². The average molecular weight is 303 g/mol. The molecule has 5 nitrogen and oxygen atoms in total. The number of hydrazone groups is 1. The van der Waals surface area contributed by atoms with Gasteiger partial charge in [0.2, 0.25) is 0 Å². The van der Waals surface area contributed by atoms with E-state index in [1.54, 1.807) is 41.2 Å². The van der Waals surface area contributed by atoms with Crippen molar-refractivity contribution < 1.29 is 5.11 Å². The Hall–Kier alpha value is -2.11. The molecule has 6 heteroatoms. The third-order valence-corrected chi connectivity index (χ3v) is 3.52. The van der Waals surface area contributed by atoms with E-state index in [4.69, 9.17) is 11.6 Å². The van der Waals surface area contributed by atoms with Crippen molar-refractivity contribution in [3.05, 3.63) is 59.4 Å². The van der Waals surface area contributed by atoms with Crippen LogP contribution >= 0.6 is 11.6 Å². The van der Waals surface area contributed by atoms with Crippen LogP contribution < -0.4 is 5.01 Å². The summed E-state index contributed by atoms with van der Waals surface area (Å²) in [4.78, 5) is 0. The van der Waals surface area contributed by atoms with Gasteiger partial charge in [0.15, 0.2) is 5.72 Å². The zero-order valence-electron chi connectivity index (χ0n) is 11.7. The first kappa shape index (κ1) is 13.9. The summed E-state index contributed by atoms with van der Waals surface area (Å²) in [6, 6.07) is 7.42. The predicted molar refractivity (Wildman–Crippen MR) is 83.4 cm³/mol. The zero-order chi connectivity index (χ0) is 15.0. The van der Waals surface area contributed by atoms with Gasteiger partial charge in [-0.25, -0.2) is 5.01 Å². The number of allylic oxidation sites excluding steroid dienone is 1. The number of nitrogens with zero attached hydrogens (tertiary/aromatic N) is 4. The highest BCUT2D eigenvalue weighted by Gasteiger charge is 2.31. The first-order valence-corrected chi connectivity index (χ1v) is 6.88. The lowest BCUT2D eigenvalue weighted by molar-refractivity contribution is 0.106. The van der Waals surface area contributed by atoms with Gasteiger partial charge in [-0.1, -0.05) is 23.7 Å². The van der Waals surface area contributed by atoms with Gasteiger partial charge in [-0.15, -0.1) is 0 Å². The van der Waals surface area contributed by atoms with Crippen molar-refractivity contribution in [3.8, 4) is 0 Å². The van der Waals surface area contributed by atoms with E-state index in [1.807, 2.05) is 31.3 Å². The largest absolute Gasteiger partial charge is 0.366 e. The van der Waals surface area contributed by atoms with Crippen LogP contribution in [0.3, 0.4) is 0 Å². The van der Waals surface area contributed by atoms with Crippen LogP contribution in [0.25, 0.3) is 0 Å². The summed E-state index contributed by atoms with van der Waals surface area (Å²) in [6.45, 7) is 1.68. The smallest absolute Gasteiger partial charge is 0.175 e. The maximum Gasteiger partial charge on any atom is 0.175 e. The Balaban J connectivity index is 2.01. The predicted octanol–water partition coefficient (Wildman–Crippen LogP) is 2.56. The van der Waals surface area contributed by atoms with Crippen LogP contribution in [0.4, 0.5) is 5.69 Å². The van der Waals surface area contributed by atoms with Crippen LogP contribution in [0.1, 0.15) is 12.5 Å². The van der Waals surface area contributed by atoms with E-state index in [0.717, 1.165) is 17.0 Å². The lowest BCUT2D eigenvalue weighted by Gasteiger charge is -2.34. The number of anilines is 1. The lowest BCUT2D eigenvalue weighted by atomic mass is 10.1. The second-order valence-electron chi connectivity index (χ2n) is 5.10. The Labute approximate surface area is 127 Å². The van der Waals surface area contributed by atoms with Gasteiger partial charge in [-0.3, -0.25) is 4.68 Å². The molecular weight excluding hydrogens is 288 g/mol. The number of aromatic nitrogens is 2. The van der Waals surface area contributed by atoms with Crippen LogP contribution in [0.2, 0.25) is 5.02 Å². The summed E-state index contributed by atoms with van der Waals surface area (Å²) in [6.07, 6.45) is 6.97. The van der Waals surface area contributed by atoms with Crippen molar-refractivity contribution in [2.24, 2.45) is 12.1 Å². The van der Waals surface area contributed by atoms with Crippen LogP contribution in [0.15, 0.2) is 53.9 Å². The van der Waals surface area contributed by atoms with Gasteiger partial charge in [-0.05, 0) is 31.2 Å². The lowest BCUT2D eigenvalue weighted by Crippen LogP contribution is -2.44. The van der Waals surface area contributed by atoms with Crippen molar-refractivity contribution in [1.82, 2.24) is 9.78 Å². The highest BCUT2D eigenvalue weighted by Crippen LogP contribution is 2.27. The molecule has 1 N–H and O–H groups in total. The minimum absolute atomic E-state index is 0.676. The third-order valence-electron chi connectivity index (χ3n) is 3.27. The molecule has 0 spiro atoms. The molecule has 2 aromatic rings. The normalized spacial score (nSPS) is 21.5. The number of aliphatic hydroxyl groups is 1. The molecule has 1 aromatic carbocycles. The van der Waals surface area contributed by atoms with Gasteiger partial charge in [0.05, 0.1) is 11.9 Å². The van der Waals surface area contributed by atoms with Crippen LogP contribution in [-0.2, 0) is 7.05 Å². The number of rotatable bonds is 2. The molecule has 0 saturated heterocycles. The van der Waals surface area contributed by atoms with Crippen molar-refractivity contribution in [3.63, 3.8) is 0 Å². The minimum atomic E-state index is -1.20. The van der Waals surface area contributed by atoms with E-state index in [-0.39, 0.29) is 0 Å². The zero-order valence-corrected chi connectivity index (χ0v) is 12.5. The van der Waals surface area contributed by atoms with Crippen LogP contribution in [0, 0.1) is 0 Å². The first-order chi connectivity index (χ1) is 9.95. The maximum absolute atomic E-state index is 10.5. The molecule has 0 radical (unpaired) electrons. The number of benzene rings is 1. The summed E-state index contributed by atoms with van der Waals surface area (Å²) in [5, 5.41) is 21.4. The molecule has 1 atom stereocenters. The Morgan fingerprint density at radius 3 is 2.57 bits per heavy atom.